The minimum atomic E-state index is -0.542. The van der Waals surface area contributed by atoms with Crippen LogP contribution < -0.4 is 11.1 Å². The monoisotopic (exact) mass is 338 g/mol. The lowest BCUT2D eigenvalue weighted by molar-refractivity contribution is -0.116. The summed E-state index contributed by atoms with van der Waals surface area (Å²) >= 11 is 0. The number of rotatable bonds is 7. The van der Waals surface area contributed by atoms with Gasteiger partial charge in [-0.3, -0.25) is 14.4 Å². The summed E-state index contributed by atoms with van der Waals surface area (Å²) in [4.78, 5) is 35.6. The van der Waals surface area contributed by atoms with Gasteiger partial charge in [0, 0.05) is 29.7 Å². The van der Waals surface area contributed by atoms with Gasteiger partial charge >= 0.3 is 0 Å². The van der Waals surface area contributed by atoms with Crippen molar-refractivity contribution in [3.8, 4) is 0 Å². The van der Waals surface area contributed by atoms with Gasteiger partial charge in [-0.2, -0.15) is 0 Å². The van der Waals surface area contributed by atoms with Crippen LogP contribution in [0.15, 0.2) is 42.5 Å². The van der Waals surface area contributed by atoms with E-state index >= 15 is 0 Å². The summed E-state index contributed by atoms with van der Waals surface area (Å²) in [5.41, 5.74) is 8.59. The molecular weight excluding hydrogens is 316 g/mol. The third-order valence-corrected chi connectivity index (χ3v) is 4.14. The molecule has 0 saturated heterocycles. The number of Topliss-reactive ketones (excluding diaryl/α,β-unsaturated/α-hetero) is 1. The Morgan fingerprint density at radius 1 is 1.00 bits per heavy atom. The molecule has 3 N–H and O–H groups in total. The van der Waals surface area contributed by atoms with E-state index in [0.29, 0.717) is 22.4 Å². The first-order valence-corrected chi connectivity index (χ1v) is 8.23. The van der Waals surface area contributed by atoms with Gasteiger partial charge in [0.1, 0.15) is 0 Å². The SMILES string of the molecule is CCc1ccc(C(=O)CCC(=O)Nc2cccc(C(N)=O)c2C)cc1. The van der Waals surface area contributed by atoms with E-state index in [9.17, 15) is 14.4 Å². The summed E-state index contributed by atoms with van der Waals surface area (Å²) in [6.07, 6.45) is 1.13. The quantitative estimate of drug-likeness (QED) is 0.759. The number of amides is 2. The van der Waals surface area contributed by atoms with Crippen molar-refractivity contribution in [1.82, 2.24) is 0 Å². The third kappa shape index (κ3) is 4.76. The lowest BCUT2D eigenvalue weighted by Crippen LogP contribution is -2.17. The summed E-state index contributed by atoms with van der Waals surface area (Å²) in [6.45, 7) is 3.77. The zero-order chi connectivity index (χ0) is 18.4. The van der Waals surface area contributed by atoms with Crippen LogP contribution in [-0.4, -0.2) is 17.6 Å². The van der Waals surface area contributed by atoms with Crippen molar-refractivity contribution in [2.75, 3.05) is 5.32 Å². The molecule has 0 fully saturated rings. The van der Waals surface area contributed by atoms with Crippen LogP contribution in [0.25, 0.3) is 0 Å². The summed E-state index contributed by atoms with van der Waals surface area (Å²) < 4.78 is 0. The van der Waals surface area contributed by atoms with E-state index in [-0.39, 0.29) is 24.5 Å². The van der Waals surface area contributed by atoms with Crippen LogP contribution in [0.3, 0.4) is 0 Å². The van der Waals surface area contributed by atoms with Gasteiger partial charge in [-0.1, -0.05) is 37.3 Å². The zero-order valence-corrected chi connectivity index (χ0v) is 14.5. The minimum Gasteiger partial charge on any atom is -0.366 e. The van der Waals surface area contributed by atoms with Crippen LogP contribution >= 0.6 is 0 Å². The molecule has 5 nitrogen and oxygen atoms in total. The number of nitrogens with two attached hydrogens (primary N) is 1. The van der Waals surface area contributed by atoms with E-state index < -0.39 is 5.91 Å². The fraction of sp³-hybridized carbons (Fsp3) is 0.250. The molecule has 0 bridgehead atoms. The number of aryl methyl sites for hydroxylation is 1. The predicted octanol–water partition coefficient (Wildman–Crippen LogP) is 3.26. The van der Waals surface area contributed by atoms with Gasteiger partial charge < -0.3 is 11.1 Å². The molecule has 0 saturated carbocycles. The van der Waals surface area contributed by atoms with Gasteiger partial charge in [-0.25, -0.2) is 0 Å². The number of carbonyl (C=O) groups is 3. The molecule has 2 rings (SSSR count). The second kappa shape index (κ2) is 8.24. The Bertz CT molecular complexity index is 795. The largest absolute Gasteiger partial charge is 0.366 e. The Hall–Kier alpha value is -2.95. The van der Waals surface area contributed by atoms with E-state index in [1.807, 2.05) is 12.1 Å². The summed E-state index contributed by atoms with van der Waals surface area (Å²) in [7, 11) is 0. The first-order chi connectivity index (χ1) is 11.9. The normalized spacial score (nSPS) is 10.3. The number of nitrogens with one attached hydrogen (secondary N) is 1. The Morgan fingerprint density at radius 3 is 2.28 bits per heavy atom. The average molecular weight is 338 g/mol. The van der Waals surface area contributed by atoms with Crippen LogP contribution in [0.2, 0.25) is 0 Å². The van der Waals surface area contributed by atoms with Gasteiger partial charge in [0.15, 0.2) is 5.78 Å². The molecule has 0 aliphatic rings. The Kier molecular flexibility index (Phi) is 6.06. The van der Waals surface area contributed by atoms with E-state index in [0.717, 1.165) is 6.42 Å². The fourth-order valence-electron chi connectivity index (χ4n) is 2.55. The van der Waals surface area contributed by atoms with Crippen molar-refractivity contribution < 1.29 is 14.4 Å². The lowest BCUT2D eigenvalue weighted by atomic mass is 10.0. The Balaban J connectivity index is 1.95. The van der Waals surface area contributed by atoms with E-state index in [2.05, 4.69) is 12.2 Å². The van der Waals surface area contributed by atoms with E-state index in [1.54, 1.807) is 37.3 Å². The molecule has 0 radical (unpaired) electrons. The van der Waals surface area contributed by atoms with E-state index in [1.165, 1.54) is 5.56 Å². The molecule has 0 aromatic heterocycles. The maximum Gasteiger partial charge on any atom is 0.249 e. The third-order valence-electron chi connectivity index (χ3n) is 4.14. The molecule has 0 heterocycles. The molecule has 2 amide bonds. The molecule has 0 atom stereocenters. The highest BCUT2D eigenvalue weighted by Crippen LogP contribution is 2.19. The predicted molar refractivity (Wildman–Crippen MR) is 97.7 cm³/mol. The Labute approximate surface area is 147 Å². The second-order valence-electron chi connectivity index (χ2n) is 5.86. The molecule has 25 heavy (non-hydrogen) atoms. The van der Waals surface area contributed by atoms with Crippen LogP contribution in [0.4, 0.5) is 5.69 Å². The van der Waals surface area contributed by atoms with Gasteiger partial charge in [0.05, 0.1) is 0 Å². The highest BCUT2D eigenvalue weighted by Gasteiger charge is 2.13. The minimum absolute atomic E-state index is 0.0691. The first kappa shape index (κ1) is 18.4. The highest BCUT2D eigenvalue weighted by molar-refractivity contribution is 6.01. The maximum absolute atomic E-state index is 12.2. The fourth-order valence-corrected chi connectivity index (χ4v) is 2.55. The van der Waals surface area contributed by atoms with Crippen molar-refractivity contribution in [3.05, 3.63) is 64.7 Å². The maximum atomic E-state index is 12.2. The highest BCUT2D eigenvalue weighted by atomic mass is 16.2. The number of anilines is 1. The van der Waals surface area contributed by atoms with Gasteiger partial charge in [0.25, 0.3) is 0 Å². The topological polar surface area (TPSA) is 89.3 Å². The summed E-state index contributed by atoms with van der Waals surface area (Å²) in [6, 6.07) is 12.4. The molecule has 2 aromatic rings. The molecular formula is C20H22N2O3. The van der Waals surface area contributed by atoms with Crippen LogP contribution in [0, 0.1) is 6.92 Å². The first-order valence-electron chi connectivity index (χ1n) is 8.23. The van der Waals surface area contributed by atoms with Crippen LogP contribution in [0.1, 0.15) is 51.6 Å². The summed E-state index contributed by atoms with van der Waals surface area (Å²) in [5.74, 6) is -0.886. The van der Waals surface area contributed by atoms with Crippen molar-refractivity contribution in [2.24, 2.45) is 5.73 Å². The van der Waals surface area contributed by atoms with Gasteiger partial charge in [-0.15, -0.1) is 0 Å². The van der Waals surface area contributed by atoms with E-state index in [4.69, 9.17) is 5.73 Å². The number of ketones is 1. The van der Waals surface area contributed by atoms with Crippen LogP contribution in [-0.2, 0) is 11.2 Å². The number of benzene rings is 2. The molecule has 0 aliphatic carbocycles. The van der Waals surface area contributed by atoms with Gasteiger partial charge in [0.2, 0.25) is 11.8 Å². The number of primary amides is 1. The molecule has 130 valence electrons. The molecule has 0 unspecified atom stereocenters. The molecule has 2 aromatic carbocycles. The van der Waals surface area contributed by atoms with Crippen molar-refractivity contribution in [3.63, 3.8) is 0 Å². The molecule has 0 spiro atoms. The number of carbonyl (C=O) groups excluding carboxylic acids is 3. The number of hydrogen-bond acceptors (Lipinski definition) is 3. The zero-order valence-electron chi connectivity index (χ0n) is 14.5. The summed E-state index contributed by atoms with van der Waals surface area (Å²) in [5, 5.41) is 2.73. The lowest BCUT2D eigenvalue weighted by Gasteiger charge is -2.10. The second-order valence-corrected chi connectivity index (χ2v) is 5.86. The van der Waals surface area contributed by atoms with Crippen molar-refractivity contribution >= 4 is 23.3 Å². The number of hydrogen-bond donors (Lipinski definition) is 2. The average Bonchev–Trinajstić information content (AvgIpc) is 2.61. The van der Waals surface area contributed by atoms with Crippen LogP contribution in [0.5, 0.6) is 0 Å². The molecule has 0 aliphatic heterocycles. The standard InChI is InChI=1S/C20H22N2O3/c1-3-14-7-9-15(10-8-14)18(23)11-12-19(24)22-17-6-4-5-16(13(17)2)20(21)25/h4-10H,3,11-12H2,1-2H3,(H2,21,25)(H,22,24). The molecule has 5 heteroatoms. The van der Waals surface area contributed by atoms with Crippen molar-refractivity contribution in [1.29, 1.82) is 0 Å². The van der Waals surface area contributed by atoms with Gasteiger partial charge in [-0.05, 0) is 36.6 Å². The van der Waals surface area contributed by atoms with Crippen molar-refractivity contribution in [2.45, 2.75) is 33.1 Å². The smallest absolute Gasteiger partial charge is 0.249 e. The Morgan fingerprint density at radius 2 is 1.68 bits per heavy atom.